The Hall–Kier alpha value is -3.20. The molecule has 0 heterocycles. The molecular formula is C23H23ClF3NO5. The van der Waals surface area contributed by atoms with Gasteiger partial charge >= 0.3 is 12.1 Å². The van der Waals surface area contributed by atoms with Crippen molar-refractivity contribution in [1.29, 1.82) is 0 Å². The minimum absolute atomic E-state index is 0.291. The number of hydrogen-bond donors (Lipinski definition) is 1. The highest BCUT2D eigenvalue weighted by molar-refractivity contribution is 6.34. The molecule has 0 saturated heterocycles. The number of anilines is 1. The molecule has 33 heavy (non-hydrogen) atoms. The minimum atomic E-state index is -4.72. The van der Waals surface area contributed by atoms with Crippen molar-refractivity contribution in [2.45, 2.75) is 26.4 Å². The number of nitrogens with one attached hydrogen (secondary N) is 1. The second-order valence-electron chi connectivity index (χ2n) is 6.64. The van der Waals surface area contributed by atoms with E-state index in [1.165, 1.54) is 12.1 Å². The third-order valence-corrected chi connectivity index (χ3v) is 4.39. The van der Waals surface area contributed by atoms with Crippen molar-refractivity contribution in [1.82, 2.24) is 0 Å². The summed E-state index contributed by atoms with van der Waals surface area (Å²) in [6.07, 6.45) is -1.35. The van der Waals surface area contributed by atoms with Crippen LogP contribution in [0.2, 0.25) is 5.02 Å². The van der Waals surface area contributed by atoms with Gasteiger partial charge in [0.2, 0.25) is 0 Å². The van der Waals surface area contributed by atoms with Gasteiger partial charge in [0.15, 0.2) is 18.1 Å². The topological polar surface area (TPSA) is 73.9 Å². The summed E-state index contributed by atoms with van der Waals surface area (Å²) in [5.41, 5.74) is -1.09. The molecule has 2 rings (SSSR count). The standard InChI is InChI=1S/C23H23ClF3NO5/c1-3-12-32-18-10-8-15(13-19(18)31-4-2)9-11-21(30)33-14-20(29)28-22-16(23(25,26)27)6-5-7-17(22)24/h5-11,13H,3-4,12,14H2,1-2H3,(H,28,29)/b11-9+. The van der Waals surface area contributed by atoms with Gasteiger partial charge in [-0.2, -0.15) is 13.2 Å². The molecule has 0 saturated carbocycles. The number of amides is 1. The largest absolute Gasteiger partial charge is 0.490 e. The zero-order chi connectivity index (χ0) is 24.4. The number of para-hydroxylation sites is 1. The van der Waals surface area contributed by atoms with Crippen LogP contribution in [0, 0.1) is 0 Å². The second kappa shape index (κ2) is 12.2. The third kappa shape index (κ3) is 8.02. The quantitative estimate of drug-likeness (QED) is 0.343. The first-order valence-corrected chi connectivity index (χ1v) is 10.4. The summed E-state index contributed by atoms with van der Waals surface area (Å²) in [7, 11) is 0. The lowest BCUT2D eigenvalue weighted by Gasteiger charge is -2.15. The van der Waals surface area contributed by atoms with E-state index < -0.39 is 35.9 Å². The lowest BCUT2D eigenvalue weighted by Crippen LogP contribution is -2.22. The van der Waals surface area contributed by atoms with Crippen LogP contribution in [-0.4, -0.2) is 31.7 Å². The van der Waals surface area contributed by atoms with E-state index in [-0.39, 0.29) is 5.02 Å². The Kier molecular flexibility index (Phi) is 9.59. The van der Waals surface area contributed by atoms with Gasteiger partial charge in [0.25, 0.3) is 5.91 Å². The van der Waals surface area contributed by atoms with Gasteiger partial charge in [0.1, 0.15) is 0 Å². The number of hydrogen-bond acceptors (Lipinski definition) is 5. The van der Waals surface area contributed by atoms with Crippen molar-refractivity contribution in [3.63, 3.8) is 0 Å². The maximum atomic E-state index is 13.1. The molecule has 6 nitrogen and oxygen atoms in total. The maximum absolute atomic E-state index is 13.1. The molecule has 0 spiro atoms. The van der Waals surface area contributed by atoms with E-state index in [4.69, 9.17) is 25.8 Å². The van der Waals surface area contributed by atoms with E-state index >= 15 is 0 Å². The first-order valence-electron chi connectivity index (χ1n) is 10.1. The van der Waals surface area contributed by atoms with Crippen LogP contribution in [0.25, 0.3) is 6.08 Å². The number of carbonyl (C=O) groups excluding carboxylic acids is 2. The summed E-state index contributed by atoms with van der Waals surface area (Å²) in [6, 6.07) is 8.20. The SMILES string of the molecule is CCCOc1ccc(/C=C/C(=O)OCC(=O)Nc2c(Cl)cccc2C(F)(F)F)cc1OCC. The summed E-state index contributed by atoms with van der Waals surface area (Å²) in [6.45, 7) is 3.97. The molecule has 0 aromatic heterocycles. The zero-order valence-electron chi connectivity index (χ0n) is 18.0. The van der Waals surface area contributed by atoms with Crippen LogP contribution in [0.5, 0.6) is 11.5 Å². The first-order chi connectivity index (χ1) is 15.7. The minimum Gasteiger partial charge on any atom is -0.490 e. The molecule has 178 valence electrons. The lowest BCUT2D eigenvalue weighted by atomic mass is 10.1. The lowest BCUT2D eigenvalue weighted by molar-refractivity contribution is -0.142. The molecule has 10 heteroatoms. The Balaban J connectivity index is 1.98. The van der Waals surface area contributed by atoms with Gasteiger partial charge in [-0.25, -0.2) is 4.79 Å². The molecule has 0 bridgehead atoms. The second-order valence-corrected chi connectivity index (χ2v) is 7.04. The van der Waals surface area contributed by atoms with Crippen molar-refractivity contribution in [2.24, 2.45) is 0 Å². The fraction of sp³-hybridized carbons (Fsp3) is 0.304. The molecule has 0 aliphatic heterocycles. The van der Waals surface area contributed by atoms with Crippen molar-refractivity contribution < 1.29 is 37.0 Å². The third-order valence-electron chi connectivity index (χ3n) is 4.07. The smallest absolute Gasteiger partial charge is 0.418 e. The van der Waals surface area contributed by atoms with Crippen LogP contribution in [0.4, 0.5) is 18.9 Å². The molecule has 1 amide bonds. The van der Waals surface area contributed by atoms with Gasteiger partial charge in [-0.15, -0.1) is 0 Å². The Labute approximate surface area is 194 Å². The van der Waals surface area contributed by atoms with Crippen LogP contribution in [0.1, 0.15) is 31.4 Å². The number of esters is 1. The number of rotatable bonds is 10. The van der Waals surface area contributed by atoms with E-state index in [9.17, 15) is 22.8 Å². The average Bonchev–Trinajstić information content (AvgIpc) is 2.76. The highest BCUT2D eigenvalue weighted by Gasteiger charge is 2.34. The number of carbonyl (C=O) groups is 2. The molecule has 0 aliphatic carbocycles. The predicted octanol–water partition coefficient (Wildman–Crippen LogP) is 5.74. The first kappa shape index (κ1) is 26.1. The summed E-state index contributed by atoms with van der Waals surface area (Å²) in [4.78, 5) is 23.9. The Morgan fingerprint density at radius 1 is 1.09 bits per heavy atom. The Bertz CT molecular complexity index is 1010. The molecule has 2 aromatic rings. The van der Waals surface area contributed by atoms with Crippen LogP contribution in [-0.2, 0) is 20.5 Å². The van der Waals surface area contributed by atoms with Gasteiger partial charge in [-0.3, -0.25) is 4.79 Å². The van der Waals surface area contributed by atoms with Crippen LogP contribution >= 0.6 is 11.6 Å². The van der Waals surface area contributed by atoms with Gasteiger partial charge in [0.05, 0.1) is 29.5 Å². The maximum Gasteiger partial charge on any atom is 0.418 e. The van der Waals surface area contributed by atoms with Gasteiger partial charge in [-0.1, -0.05) is 30.7 Å². The molecule has 0 atom stereocenters. The summed E-state index contributed by atoms with van der Waals surface area (Å²) in [5.74, 6) is -0.731. The van der Waals surface area contributed by atoms with Crippen LogP contribution < -0.4 is 14.8 Å². The molecule has 0 radical (unpaired) electrons. The Morgan fingerprint density at radius 2 is 1.85 bits per heavy atom. The summed E-state index contributed by atoms with van der Waals surface area (Å²) in [5, 5.41) is 1.75. The zero-order valence-corrected chi connectivity index (χ0v) is 18.8. The van der Waals surface area contributed by atoms with Gasteiger partial charge in [-0.05, 0) is 49.2 Å². The number of ether oxygens (including phenoxy) is 3. The number of halogens is 4. The molecular weight excluding hydrogens is 463 g/mol. The number of benzene rings is 2. The van der Waals surface area contributed by atoms with Crippen LogP contribution in [0.15, 0.2) is 42.5 Å². The van der Waals surface area contributed by atoms with Crippen molar-refractivity contribution in [3.8, 4) is 11.5 Å². The van der Waals surface area contributed by atoms with Crippen LogP contribution in [0.3, 0.4) is 0 Å². The summed E-state index contributed by atoms with van der Waals surface area (Å²) < 4.78 is 55.2. The normalized spacial score (nSPS) is 11.3. The fourth-order valence-corrected chi connectivity index (χ4v) is 2.86. The van der Waals surface area contributed by atoms with E-state index in [0.29, 0.717) is 30.3 Å². The Morgan fingerprint density at radius 3 is 2.52 bits per heavy atom. The fourth-order valence-electron chi connectivity index (χ4n) is 2.64. The van der Waals surface area contributed by atoms with E-state index in [2.05, 4.69) is 0 Å². The summed E-state index contributed by atoms with van der Waals surface area (Å²) >= 11 is 5.78. The van der Waals surface area contributed by atoms with Gasteiger partial charge in [0, 0.05) is 6.08 Å². The van der Waals surface area contributed by atoms with Gasteiger partial charge < -0.3 is 19.5 Å². The highest BCUT2D eigenvalue weighted by Crippen LogP contribution is 2.38. The molecule has 0 fully saturated rings. The van der Waals surface area contributed by atoms with E-state index in [0.717, 1.165) is 24.6 Å². The van der Waals surface area contributed by atoms with Crippen molar-refractivity contribution >= 4 is 35.2 Å². The molecule has 1 N–H and O–H groups in total. The predicted molar refractivity (Wildman–Crippen MR) is 118 cm³/mol. The van der Waals surface area contributed by atoms with Crippen molar-refractivity contribution in [2.75, 3.05) is 25.1 Å². The highest BCUT2D eigenvalue weighted by atomic mass is 35.5. The average molecular weight is 486 g/mol. The van der Waals surface area contributed by atoms with Crippen molar-refractivity contribution in [3.05, 3.63) is 58.6 Å². The monoisotopic (exact) mass is 485 g/mol. The molecule has 0 unspecified atom stereocenters. The number of alkyl halides is 3. The molecule has 2 aromatic carbocycles. The molecule has 0 aliphatic rings. The van der Waals surface area contributed by atoms with E-state index in [1.54, 1.807) is 18.2 Å². The van der Waals surface area contributed by atoms with E-state index in [1.807, 2.05) is 19.2 Å².